The smallest absolute Gasteiger partial charge is 0.209 e. The van der Waals surface area contributed by atoms with E-state index in [1.807, 2.05) is 12.1 Å². The maximum Gasteiger partial charge on any atom is 0.209 e. The van der Waals surface area contributed by atoms with E-state index in [1.54, 1.807) is 32.0 Å². The summed E-state index contributed by atoms with van der Waals surface area (Å²) in [7, 11) is 0. The Bertz CT molecular complexity index is 464. The number of ether oxygens (including phenoxy) is 1. The molecule has 84 valence electrons. The van der Waals surface area contributed by atoms with Crippen molar-refractivity contribution in [3.63, 3.8) is 0 Å². The summed E-state index contributed by atoms with van der Waals surface area (Å²) in [5.41, 5.74) is 3.86. The van der Waals surface area contributed by atoms with Crippen molar-refractivity contribution in [1.29, 1.82) is 5.26 Å². The van der Waals surface area contributed by atoms with Crippen LogP contribution in [-0.4, -0.2) is 16.3 Å². The highest BCUT2D eigenvalue weighted by Gasteiger charge is 2.55. The van der Waals surface area contributed by atoms with Crippen molar-refractivity contribution in [3.05, 3.63) is 29.8 Å². The molecule has 0 saturated carbocycles. The lowest BCUT2D eigenvalue weighted by molar-refractivity contribution is -0.107. The van der Waals surface area contributed by atoms with Crippen LogP contribution in [0.3, 0.4) is 0 Å². The number of hydrogen-bond acceptors (Lipinski definition) is 4. The Morgan fingerprint density at radius 2 is 2.06 bits per heavy atom. The predicted molar refractivity (Wildman–Crippen MR) is 58.6 cm³/mol. The maximum atomic E-state index is 10.3. The molecule has 2 rings (SSSR count). The predicted octanol–water partition coefficient (Wildman–Crippen LogP) is 1.11. The second-order valence-electron chi connectivity index (χ2n) is 4.51. The Kier molecular flexibility index (Phi) is 2.19. The minimum Gasteiger partial charge on any atom is -0.483 e. The third kappa shape index (κ3) is 1.22. The lowest BCUT2D eigenvalue weighted by Gasteiger charge is -2.45. The van der Waals surface area contributed by atoms with Gasteiger partial charge < -0.3 is 15.6 Å². The molecule has 2 unspecified atom stereocenters. The third-order valence-electron chi connectivity index (χ3n) is 3.16. The van der Waals surface area contributed by atoms with E-state index in [1.165, 1.54) is 0 Å². The van der Waals surface area contributed by atoms with Crippen LogP contribution in [0.1, 0.15) is 25.5 Å². The molecule has 0 amide bonds. The second kappa shape index (κ2) is 3.21. The first-order valence-electron chi connectivity index (χ1n) is 5.09. The van der Waals surface area contributed by atoms with Gasteiger partial charge >= 0.3 is 0 Å². The molecule has 0 aliphatic carbocycles. The summed E-state index contributed by atoms with van der Waals surface area (Å²) in [6.45, 7) is 3.32. The lowest BCUT2D eigenvalue weighted by atomic mass is 9.75. The van der Waals surface area contributed by atoms with Crippen LogP contribution in [0.15, 0.2) is 24.3 Å². The zero-order valence-electron chi connectivity index (χ0n) is 9.27. The minimum atomic E-state index is -1.72. The molecule has 16 heavy (non-hydrogen) atoms. The van der Waals surface area contributed by atoms with Crippen LogP contribution in [0.25, 0.3) is 0 Å². The fourth-order valence-electron chi connectivity index (χ4n) is 1.99. The van der Waals surface area contributed by atoms with E-state index in [-0.39, 0.29) is 0 Å². The van der Waals surface area contributed by atoms with E-state index < -0.39 is 17.2 Å². The first-order valence-corrected chi connectivity index (χ1v) is 5.09. The van der Waals surface area contributed by atoms with Crippen LogP contribution < -0.4 is 10.5 Å². The molecule has 0 fully saturated rings. The largest absolute Gasteiger partial charge is 0.483 e. The zero-order chi connectivity index (χ0) is 12.0. The summed E-state index contributed by atoms with van der Waals surface area (Å²) in [4.78, 5) is 0. The first-order chi connectivity index (χ1) is 7.42. The zero-order valence-corrected chi connectivity index (χ0v) is 9.27. The molecule has 1 aromatic carbocycles. The molecule has 0 radical (unpaired) electrons. The van der Waals surface area contributed by atoms with E-state index in [4.69, 9.17) is 15.7 Å². The summed E-state index contributed by atoms with van der Waals surface area (Å²) in [6, 6.07) is 8.28. The SMILES string of the molecule is CC1(C)Oc2ccccc2C(N)C1(O)C#N. The molecule has 4 heteroatoms. The van der Waals surface area contributed by atoms with Crippen molar-refractivity contribution in [2.24, 2.45) is 5.73 Å². The van der Waals surface area contributed by atoms with Gasteiger partial charge in [-0.2, -0.15) is 5.26 Å². The van der Waals surface area contributed by atoms with Gasteiger partial charge in [-0.3, -0.25) is 0 Å². The van der Waals surface area contributed by atoms with E-state index in [9.17, 15) is 5.11 Å². The van der Waals surface area contributed by atoms with Gasteiger partial charge in [0.15, 0.2) is 0 Å². The van der Waals surface area contributed by atoms with Crippen molar-refractivity contribution < 1.29 is 9.84 Å². The van der Waals surface area contributed by atoms with Gasteiger partial charge in [0, 0.05) is 5.56 Å². The van der Waals surface area contributed by atoms with Crippen molar-refractivity contribution >= 4 is 0 Å². The van der Waals surface area contributed by atoms with Crippen molar-refractivity contribution in [3.8, 4) is 11.8 Å². The van der Waals surface area contributed by atoms with Crippen LogP contribution in [-0.2, 0) is 0 Å². The molecule has 4 nitrogen and oxygen atoms in total. The molecule has 3 N–H and O–H groups in total. The standard InChI is InChI=1S/C12H14N2O2/c1-11(2)12(15,7-13)10(14)8-5-3-4-6-9(8)16-11/h3-6,10,15H,14H2,1-2H3. The molecular weight excluding hydrogens is 204 g/mol. The molecular formula is C12H14N2O2. The average molecular weight is 218 g/mol. The van der Waals surface area contributed by atoms with Crippen LogP contribution in [0.2, 0.25) is 0 Å². The number of nitrogens with two attached hydrogens (primary N) is 1. The van der Waals surface area contributed by atoms with Gasteiger partial charge in [0.25, 0.3) is 0 Å². The Hall–Kier alpha value is -1.57. The fourth-order valence-corrected chi connectivity index (χ4v) is 1.99. The molecule has 1 heterocycles. The summed E-state index contributed by atoms with van der Waals surface area (Å²) < 4.78 is 5.64. The van der Waals surface area contributed by atoms with Gasteiger partial charge in [-0.05, 0) is 19.9 Å². The number of benzene rings is 1. The summed E-state index contributed by atoms with van der Waals surface area (Å²) >= 11 is 0. The number of fused-ring (bicyclic) bond motifs is 1. The van der Waals surface area contributed by atoms with Crippen molar-refractivity contribution in [2.75, 3.05) is 0 Å². The highest BCUT2D eigenvalue weighted by Crippen LogP contribution is 2.44. The number of hydrogen-bond donors (Lipinski definition) is 2. The quantitative estimate of drug-likeness (QED) is 0.639. The van der Waals surface area contributed by atoms with E-state index in [2.05, 4.69) is 0 Å². The third-order valence-corrected chi connectivity index (χ3v) is 3.16. The number of rotatable bonds is 0. The summed E-state index contributed by atoms with van der Waals surface area (Å²) in [6.07, 6.45) is 0. The molecule has 0 saturated heterocycles. The van der Waals surface area contributed by atoms with E-state index in [0.29, 0.717) is 11.3 Å². The molecule has 0 bridgehead atoms. The van der Waals surface area contributed by atoms with Gasteiger partial charge in [-0.15, -0.1) is 0 Å². The normalized spacial score (nSPS) is 31.1. The number of aliphatic hydroxyl groups is 1. The van der Waals surface area contributed by atoms with Crippen LogP contribution in [0.4, 0.5) is 0 Å². The van der Waals surface area contributed by atoms with Gasteiger partial charge in [0.2, 0.25) is 5.60 Å². The first kappa shape index (κ1) is 10.9. The van der Waals surface area contributed by atoms with Gasteiger partial charge in [0.1, 0.15) is 17.4 Å². The number of nitriles is 1. The van der Waals surface area contributed by atoms with Crippen LogP contribution in [0, 0.1) is 11.3 Å². The molecule has 2 atom stereocenters. The lowest BCUT2D eigenvalue weighted by Crippen LogP contribution is -2.61. The Morgan fingerprint density at radius 1 is 1.44 bits per heavy atom. The molecule has 1 aliphatic rings. The van der Waals surface area contributed by atoms with Crippen molar-refractivity contribution in [2.45, 2.75) is 31.1 Å². The maximum absolute atomic E-state index is 10.3. The van der Waals surface area contributed by atoms with Crippen molar-refractivity contribution in [1.82, 2.24) is 0 Å². The molecule has 0 aromatic heterocycles. The molecule has 0 spiro atoms. The van der Waals surface area contributed by atoms with Crippen LogP contribution in [0.5, 0.6) is 5.75 Å². The number of para-hydroxylation sites is 1. The monoisotopic (exact) mass is 218 g/mol. The van der Waals surface area contributed by atoms with Gasteiger partial charge in [-0.1, -0.05) is 18.2 Å². The Labute approximate surface area is 94.3 Å². The topological polar surface area (TPSA) is 79.3 Å². The summed E-state index contributed by atoms with van der Waals surface area (Å²) in [5, 5.41) is 19.4. The Morgan fingerprint density at radius 3 is 2.69 bits per heavy atom. The fraction of sp³-hybridized carbons (Fsp3) is 0.417. The van der Waals surface area contributed by atoms with E-state index >= 15 is 0 Å². The minimum absolute atomic E-state index is 0.625. The highest BCUT2D eigenvalue weighted by atomic mass is 16.5. The average Bonchev–Trinajstić information content (AvgIpc) is 2.25. The van der Waals surface area contributed by atoms with Gasteiger partial charge in [-0.25, -0.2) is 0 Å². The summed E-state index contributed by atoms with van der Waals surface area (Å²) in [5.74, 6) is 0.625. The molecule has 1 aromatic rings. The Balaban J connectivity index is 2.62. The van der Waals surface area contributed by atoms with Gasteiger partial charge in [0.05, 0.1) is 6.04 Å². The number of nitrogens with zero attached hydrogens (tertiary/aromatic N) is 1. The molecule has 1 aliphatic heterocycles. The second-order valence-corrected chi connectivity index (χ2v) is 4.51. The highest BCUT2D eigenvalue weighted by molar-refractivity contribution is 5.44. The van der Waals surface area contributed by atoms with E-state index in [0.717, 1.165) is 0 Å². The van der Waals surface area contributed by atoms with Crippen LogP contribution >= 0.6 is 0 Å².